The smallest absolute Gasteiger partial charge is 0.0620 e. The van der Waals surface area contributed by atoms with Crippen LogP contribution in [-0.4, -0.2) is 24.6 Å². The molecule has 0 aromatic heterocycles. The minimum Gasteiger partial charge on any atom is -0.0620 e. The summed E-state index contributed by atoms with van der Waals surface area (Å²) in [7, 11) is -2.78. The molecule has 0 unspecified atom stereocenters. The summed E-state index contributed by atoms with van der Waals surface area (Å²) in [4.78, 5) is 0. The van der Waals surface area contributed by atoms with E-state index in [-0.39, 0.29) is 0 Å². The van der Waals surface area contributed by atoms with E-state index >= 15 is 0 Å². The summed E-state index contributed by atoms with van der Waals surface area (Å²) < 4.78 is 0. The van der Waals surface area contributed by atoms with E-state index in [9.17, 15) is 0 Å². The molecule has 1 aliphatic heterocycles. The molecule has 1 aliphatic rings. The van der Waals surface area contributed by atoms with Gasteiger partial charge in [-0.3, -0.25) is 0 Å². The van der Waals surface area contributed by atoms with Crippen molar-refractivity contribution < 1.29 is 0 Å². The highest BCUT2D eigenvalue weighted by Crippen LogP contribution is 2.69. The van der Waals surface area contributed by atoms with Crippen LogP contribution in [0, 0.1) is 0 Å². The van der Waals surface area contributed by atoms with Gasteiger partial charge in [0, 0.05) is 0 Å². The summed E-state index contributed by atoms with van der Waals surface area (Å²) in [6, 6.07) is 45.5. The van der Waals surface area contributed by atoms with Gasteiger partial charge in [0.25, 0.3) is 0 Å². The summed E-state index contributed by atoms with van der Waals surface area (Å²) in [5, 5.41) is 6.32. The fourth-order valence-corrected chi connectivity index (χ4v) is 16.6. The first-order valence-electron chi connectivity index (χ1n) is 10.8. The SMILES string of the molecule is c1ccc([P+]2(c3ccccc3)CC[P+](c3ccccc3)(c3ccccc3)CC2)cc1. The molecule has 148 valence electrons. The lowest BCUT2D eigenvalue weighted by atomic mass is 10.4. The van der Waals surface area contributed by atoms with Crippen LogP contribution in [0.15, 0.2) is 121 Å². The topological polar surface area (TPSA) is 0 Å². The van der Waals surface area contributed by atoms with E-state index in [2.05, 4.69) is 121 Å². The van der Waals surface area contributed by atoms with Gasteiger partial charge in [-0.15, -0.1) is 0 Å². The third kappa shape index (κ3) is 3.43. The van der Waals surface area contributed by atoms with Crippen LogP contribution in [0.2, 0.25) is 0 Å². The van der Waals surface area contributed by atoms with Crippen molar-refractivity contribution in [1.82, 2.24) is 0 Å². The molecule has 0 spiro atoms. The van der Waals surface area contributed by atoms with Crippen molar-refractivity contribution in [3.63, 3.8) is 0 Å². The summed E-state index contributed by atoms with van der Waals surface area (Å²) in [6.07, 6.45) is 5.22. The maximum absolute atomic E-state index is 2.39. The molecule has 0 N–H and O–H groups in total. The molecule has 4 aromatic rings. The fourth-order valence-electron chi connectivity index (χ4n) is 5.09. The van der Waals surface area contributed by atoms with E-state index in [1.165, 1.54) is 24.6 Å². The van der Waals surface area contributed by atoms with Gasteiger partial charge in [0.1, 0.15) is 24.6 Å². The molecule has 0 nitrogen and oxygen atoms in total. The molecule has 1 fully saturated rings. The molecule has 0 amide bonds. The molecule has 5 rings (SSSR count). The van der Waals surface area contributed by atoms with Crippen LogP contribution in [0.1, 0.15) is 0 Å². The van der Waals surface area contributed by atoms with E-state index in [1.807, 2.05) is 0 Å². The van der Waals surface area contributed by atoms with E-state index < -0.39 is 14.5 Å². The lowest BCUT2D eigenvalue weighted by molar-refractivity contribution is 1.31. The molecule has 0 aliphatic carbocycles. The van der Waals surface area contributed by atoms with Crippen LogP contribution in [0.5, 0.6) is 0 Å². The first kappa shape index (κ1) is 19.7. The molecule has 4 aromatic carbocycles. The first-order valence-corrected chi connectivity index (χ1v) is 15.1. The summed E-state index contributed by atoms with van der Waals surface area (Å²) in [6.45, 7) is 0. The maximum atomic E-state index is 2.39. The summed E-state index contributed by atoms with van der Waals surface area (Å²) in [5.41, 5.74) is 0. The molecule has 0 atom stereocenters. The van der Waals surface area contributed by atoms with E-state index in [1.54, 1.807) is 21.2 Å². The lowest BCUT2D eigenvalue weighted by Crippen LogP contribution is -2.40. The van der Waals surface area contributed by atoms with Crippen molar-refractivity contribution in [2.75, 3.05) is 24.6 Å². The van der Waals surface area contributed by atoms with Crippen molar-refractivity contribution in [3.05, 3.63) is 121 Å². The Bertz CT molecular complexity index is 895. The Morgan fingerprint density at radius 3 is 0.700 bits per heavy atom. The van der Waals surface area contributed by atoms with Gasteiger partial charge in [-0.05, 0) is 48.5 Å². The first-order chi connectivity index (χ1) is 14.8. The van der Waals surface area contributed by atoms with Crippen molar-refractivity contribution in [2.24, 2.45) is 0 Å². The van der Waals surface area contributed by atoms with Gasteiger partial charge in [-0.2, -0.15) is 0 Å². The third-order valence-corrected chi connectivity index (χ3v) is 16.5. The molecule has 30 heavy (non-hydrogen) atoms. The van der Waals surface area contributed by atoms with Gasteiger partial charge >= 0.3 is 0 Å². The van der Waals surface area contributed by atoms with Crippen molar-refractivity contribution in [2.45, 2.75) is 0 Å². The van der Waals surface area contributed by atoms with Crippen LogP contribution in [0.3, 0.4) is 0 Å². The third-order valence-electron chi connectivity index (χ3n) is 6.73. The van der Waals surface area contributed by atoms with E-state index in [4.69, 9.17) is 0 Å². The Morgan fingerprint density at radius 1 is 0.300 bits per heavy atom. The number of hydrogen-bond donors (Lipinski definition) is 0. The lowest BCUT2D eigenvalue weighted by Gasteiger charge is -2.37. The minimum atomic E-state index is -1.39. The van der Waals surface area contributed by atoms with Gasteiger partial charge in [-0.1, -0.05) is 72.8 Å². The zero-order valence-corrected chi connectivity index (χ0v) is 19.1. The summed E-state index contributed by atoms with van der Waals surface area (Å²) >= 11 is 0. The Kier molecular flexibility index (Phi) is 5.56. The molecule has 0 bridgehead atoms. The van der Waals surface area contributed by atoms with Crippen LogP contribution in [0.25, 0.3) is 0 Å². The average molecular weight is 426 g/mol. The van der Waals surface area contributed by atoms with Gasteiger partial charge in [-0.25, -0.2) is 0 Å². The predicted molar refractivity (Wildman–Crippen MR) is 138 cm³/mol. The Balaban J connectivity index is 1.61. The second-order valence-corrected chi connectivity index (χ2v) is 15.9. The quantitative estimate of drug-likeness (QED) is 0.387. The van der Waals surface area contributed by atoms with E-state index in [0.717, 1.165) is 0 Å². The molecular formula is C28H28P2+2. The van der Waals surface area contributed by atoms with Crippen molar-refractivity contribution >= 4 is 35.7 Å². The highest BCUT2D eigenvalue weighted by molar-refractivity contribution is 7.96. The Morgan fingerprint density at radius 2 is 0.500 bits per heavy atom. The van der Waals surface area contributed by atoms with Crippen molar-refractivity contribution in [1.29, 1.82) is 0 Å². The second-order valence-electron chi connectivity index (χ2n) is 8.17. The summed E-state index contributed by atoms with van der Waals surface area (Å²) in [5.74, 6) is 0. The Labute approximate surface area is 181 Å². The maximum Gasteiger partial charge on any atom is 0.103 e. The Hall–Kier alpha value is -2.26. The molecule has 1 heterocycles. The number of benzene rings is 4. The van der Waals surface area contributed by atoms with Gasteiger partial charge in [0.15, 0.2) is 0 Å². The van der Waals surface area contributed by atoms with Gasteiger partial charge in [0.05, 0.1) is 35.7 Å². The predicted octanol–water partition coefficient (Wildman–Crippen LogP) is 5.34. The van der Waals surface area contributed by atoms with Crippen LogP contribution in [0.4, 0.5) is 0 Å². The normalized spacial score (nSPS) is 17.3. The molecule has 0 saturated carbocycles. The molecule has 2 heteroatoms. The standard InChI is InChI=1S/C28H28P2/c1-5-13-25(14-6-1)29(26-15-7-2-8-16-26)21-23-30(24-22-29,27-17-9-3-10-18-27)28-19-11-4-12-20-28/h1-20H,21-24H2/q+2. The molecular weight excluding hydrogens is 398 g/mol. The van der Waals surface area contributed by atoms with Gasteiger partial charge < -0.3 is 0 Å². The van der Waals surface area contributed by atoms with Gasteiger partial charge in [0.2, 0.25) is 0 Å². The molecule has 1 saturated heterocycles. The highest BCUT2D eigenvalue weighted by Gasteiger charge is 2.56. The van der Waals surface area contributed by atoms with Crippen molar-refractivity contribution in [3.8, 4) is 0 Å². The monoisotopic (exact) mass is 426 g/mol. The van der Waals surface area contributed by atoms with E-state index in [0.29, 0.717) is 0 Å². The van der Waals surface area contributed by atoms with Crippen LogP contribution < -0.4 is 21.2 Å². The average Bonchev–Trinajstić information content (AvgIpc) is 2.86. The van der Waals surface area contributed by atoms with Crippen LogP contribution in [-0.2, 0) is 0 Å². The zero-order valence-electron chi connectivity index (χ0n) is 17.3. The van der Waals surface area contributed by atoms with Crippen LogP contribution >= 0.6 is 14.5 Å². The highest BCUT2D eigenvalue weighted by atomic mass is 31.2. The minimum absolute atomic E-state index is 1.30. The largest absolute Gasteiger partial charge is 0.103 e. The molecule has 0 radical (unpaired) electrons. The second kappa shape index (κ2) is 8.47. The number of rotatable bonds is 4. The number of hydrogen-bond acceptors (Lipinski definition) is 0. The zero-order chi connectivity index (χ0) is 20.3. The fraction of sp³-hybridized carbons (Fsp3) is 0.143.